The van der Waals surface area contributed by atoms with Gasteiger partial charge in [-0.3, -0.25) is 4.79 Å². The highest BCUT2D eigenvalue weighted by Gasteiger charge is 2.18. The molecule has 3 rings (SSSR count). The number of benzene rings is 1. The van der Waals surface area contributed by atoms with Gasteiger partial charge in [0, 0.05) is 10.1 Å². The van der Waals surface area contributed by atoms with Gasteiger partial charge in [0.1, 0.15) is 10.6 Å². The fourth-order valence-corrected chi connectivity index (χ4v) is 3.91. The maximum absolute atomic E-state index is 11.5. The number of esters is 1. The standard InChI is InChI=1S/C15H13ClN2O3S2/c1-8(2)20-11(19)7-22-15-18-17-14(21-15)13-12(16)9-5-3-4-6-10(9)23-13/h3-6,8H,7H2,1-2H3. The SMILES string of the molecule is CC(C)OC(=O)CSc1nnc(-c2sc3ccccc3c2Cl)o1. The highest BCUT2D eigenvalue weighted by Crippen LogP contribution is 2.41. The van der Waals surface area contributed by atoms with Crippen LogP contribution in [0.5, 0.6) is 0 Å². The van der Waals surface area contributed by atoms with Crippen LogP contribution in [0, 0.1) is 0 Å². The molecule has 5 nitrogen and oxygen atoms in total. The lowest BCUT2D eigenvalue weighted by Crippen LogP contribution is -2.13. The lowest BCUT2D eigenvalue weighted by atomic mass is 10.2. The molecule has 0 bridgehead atoms. The zero-order chi connectivity index (χ0) is 16.4. The van der Waals surface area contributed by atoms with Crippen LogP contribution in [0.15, 0.2) is 33.9 Å². The van der Waals surface area contributed by atoms with Gasteiger partial charge in [-0.2, -0.15) is 0 Å². The second kappa shape index (κ2) is 6.90. The number of carbonyl (C=O) groups excluding carboxylic acids is 1. The smallest absolute Gasteiger partial charge is 0.316 e. The van der Waals surface area contributed by atoms with Crippen molar-refractivity contribution in [2.45, 2.75) is 25.2 Å². The Morgan fingerprint density at radius 3 is 2.91 bits per heavy atom. The predicted octanol–water partition coefficient (Wildman–Crippen LogP) is 4.65. The molecule has 0 N–H and O–H groups in total. The Kier molecular flexibility index (Phi) is 4.89. The Labute approximate surface area is 146 Å². The number of carbonyl (C=O) groups is 1. The van der Waals surface area contributed by atoms with Crippen LogP contribution in [0.4, 0.5) is 0 Å². The number of rotatable bonds is 5. The normalized spacial score (nSPS) is 11.3. The second-order valence-corrected chi connectivity index (χ2v) is 7.30. The summed E-state index contributed by atoms with van der Waals surface area (Å²) in [6.07, 6.45) is -0.140. The molecule has 0 saturated carbocycles. The summed E-state index contributed by atoms with van der Waals surface area (Å²) in [6.45, 7) is 3.60. The van der Waals surface area contributed by atoms with Crippen molar-refractivity contribution in [2.75, 3.05) is 5.75 Å². The van der Waals surface area contributed by atoms with E-state index in [0.29, 0.717) is 16.1 Å². The molecule has 120 valence electrons. The van der Waals surface area contributed by atoms with Gasteiger partial charge in [-0.15, -0.1) is 21.5 Å². The second-order valence-electron chi connectivity index (χ2n) is 4.94. The Hall–Kier alpha value is -1.57. The summed E-state index contributed by atoms with van der Waals surface area (Å²) in [5.74, 6) is 0.167. The lowest BCUT2D eigenvalue weighted by Gasteiger charge is -2.05. The summed E-state index contributed by atoms with van der Waals surface area (Å²) in [5, 5.41) is 9.84. The van der Waals surface area contributed by atoms with Crippen LogP contribution in [0.2, 0.25) is 5.02 Å². The summed E-state index contributed by atoms with van der Waals surface area (Å²) in [7, 11) is 0. The van der Waals surface area contributed by atoms with Gasteiger partial charge in [-0.25, -0.2) is 0 Å². The molecule has 0 fully saturated rings. The third-order valence-corrected chi connectivity index (χ3v) is 5.27. The molecule has 1 aromatic carbocycles. The number of ether oxygens (including phenoxy) is 1. The third kappa shape index (κ3) is 3.68. The van der Waals surface area contributed by atoms with Crippen molar-refractivity contribution in [3.05, 3.63) is 29.3 Å². The fourth-order valence-electron chi connectivity index (χ4n) is 1.93. The van der Waals surface area contributed by atoms with Crippen LogP contribution in [0.3, 0.4) is 0 Å². The quantitative estimate of drug-likeness (QED) is 0.482. The lowest BCUT2D eigenvalue weighted by molar-refractivity contribution is -0.144. The minimum absolute atomic E-state index is 0.125. The molecule has 0 aliphatic rings. The van der Waals surface area contributed by atoms with Crippen molar-refractivity contribution < 1.29 is 13.9 Å². The van der Waals surface area contributed by atoms with E-state index < -0.39 is 0 Å². The van der Waals surface area contributed by atoms with Crippen LogP contribution in [0.1, 0.15) is 13.8 Å². The van der Waals surface area contributed by atoms with Gasteiger partial charge in [0.15, 0.2) is 0 Å². The summed E-state index contributed by atoms with van der Waals surface area (Å²) in [6, 6.07) is 7.82. The van der Waals surface area contributed by atoms with E-state index in [-0.39, 0.29) is 17.8 Å². The zero-order valence-corrected chi connectivity index (χ0v) is 14.8. The molecule has 0 radical (unpaired) electrons. The van der Waals surface area contributed by atoms with Crippen LogP contribution in [-0.4, -0.2) is 28.0 Å². The Balaban J connectivity index is 1.76. The van der Waals surface area contributed by atoms with Gasteiger partial charge >= 0.3 is 5.97 Å². The van der Waals surface area contributed by atoms with E-state index in [2.05, 4.69) is 10.2 Å². The highest BCUT2D eigenvalue weighted by atomic mass is 35.5. The summed E-state index contributed by atoms with van der Waals surface area (Å²) in [5.41, 5.74) is 0. The molecule has 2 aromatic heterocycles. The Morgan fingerprint density at radius 2 is 2.17 bits per heavy atom. The molecule has 0 spiro atoms. The number of halogens is 1. The van der Waals surface area contributed by atoms with Gasteiger partial charge < -0.3 is 9.15 Å². The van der Waals surface area contributed by atoms with Crippen LogP contribution in [-0.2, 0) is 9.53 Å². The van der Waals surface area contributed by atoms with Gasteiger partial charge in [0.25, 0.3) is 11.1 Å². The van der Waals surface area contributed by atoms with E-state index >= 15 is 0 Å². The van der Waals surface area contributed by atoms with Crippen molar-refractivity contribution >= 4 is 50.8 Å². The van der Waals surface area contributed by atoms with Crippen molar-refractivity contribution in [2.24, 2.45) is 0 Å². The average molecular weight is 369 g/mol. The molecule has 0 saturated heterocycles. The number of fused-ring (bicyclic) bond motifs is 1. The first-order valence-electron chi connectivity index (χ1n) is 6.88. The van der Waals surface area contributed by atoms with E-state index in [1.54, 1.807) is 13.8 Å². The van der Waals surface area contributed by atoms with Crippen molar-refractivity contribution in [3.63, 3.8) is 0 Å². The van der Waals surface area contributed by atoms with Gasteiger partial charge in [-0.1, -0.05) is 41.6 Å². The van der Waals surface area contributed by atoms with Gasteiger partial charge in [0.05, 0.1) is 11.1 Å². The van der Waals surface area contributed by atoms with Gasteiger partial charge in [-0.05, 0) is 19.9 Å². The molecular weight excluding hydrogens is 356 g/mol. The monoisotopic (exact) mass is 368 g/mol. The Bertz CT molecular complexity index is 844. The van der Waals surface area contributed by atoms with Crippen molar-refractivity contribution in [3.8, 4) is 10.8 Å². The molecule has 3 aromatic rings. The number of nitrogens with zero attached hydrogens (tertiary/aromatic N) is 2. The largest absolute Gasteiger partial charge is 0.462 e. The average Bonchev–Trinajstić information content (AvgIpc) is 3.10. The zero-order valence-electron chi connectivity index (χ0n) is 12.4. The molecule has 2 heterocycles. The third-order valence-electron chi connectivity index (χ3n) is 2.82. The van der Waals surface area contributed by atoms with Crippen LogP contribution < -0.4 is 0 Å². The number of hydrogen-bond donors (Lipinski definition) is 0. The van der Waals surface area contributed by atoms with Crippen molar-refractivity contribution in [1.29, 1.82) is 0 Å². The number of thiophene rings is 1. The minimum atomic E-state index is -0.315. The molecule has 0 atom stereocenters. The minimum Gasteiger partial charge on any atom is -0.462 e. The molecular formula is C15H13ClN2O3S2. The number of aromatic nitrogens is 2. The predicted molar refractivity (Wildman–Crippen MR) is 92.1 cm³/mol. The number of hydrogen-bond acceptors (Lipinski definition) is 7. The van der Waals surface area contributed by atoms with E-state index in [9.17, 15) is 4.79 Å². The maximum Gasteiger partial charge on any atom is 0.316 e. The van der Waals surface area contributed by atoms with Crippen molar-refractivity contribution in [1.82, 2.24) is 10.2 Å². The molecule has 8 heteroatoms. The number of thioether (sulfide) groups is 1. The summed E-state index contributed by atoms with van der Waals surface area (Å²) in [4.78, 5) is 12.3. The van der Waals surface area contributed by atoms with E-state index in [0.717, 1.165) is 26.7 Å². The van der Waals surface area contributed by atoms with E-state index in [4.69, 9.17) is 20.8 Å². The fraction of sp³-hybridized carbons (Fsp3) is 0.267. The van der Waals surface area contributed by atoms with Crippen LogP contribution >= 0.6 is 34.7 Å². The first-order chi connectivity index (χ1) is 11.0. The first-order valence-corrected chi connectivity index (χ1v) is 9.06. The van der Waals surface area contributed by atoms with E-state index in [1.165, 1.54) is 11.3 Å². The first kappa shape index (κ1) is 16.3. The molecule has 0 aliphatic carbocycles. The van der Waals surface area contributed by atoms with Crippen LogP contribution in [0.25, 0.3) is 20.9 Å². The Morgan fingerprint density at radius 1 is 1.39 bits per heavy atom. The highest BCUT2D eigenvalue weighted by molar-refractivity contribution is 7.99. The maximum atomic E-state index is 11.5. The molecule has 0 unspecified atom stereocenters. The summed E-state index contributed by atoms with van der Waals surface area (Å²) >= 11 is 9.03. The van der Waals surface area contributed by atoms with E-state index in [1.807, 2.05) is 24.3 Å². The summed E-state index contributed by atoms with van der Waals surface area (Å²) < 4.78 is 11.7. The molecule has 23 heavy (non-hydrogen) atoms. The topological polar surface area (TPSA) is 65.2 Å². The van der Waals surface area contributed by atoms with Gasteiger partial charge in [0.2, 0.25) is 0 Å². The molecule has 0 aliphatic heterocycles. The molecule has 0 amide bonds.